The molecule has 1 saturated heterocycles. The molecule has 0 amide bonds. The molecule has 5 nitrogen and oxygen atoms in total. The zero-order valence-electron chi connectivity index (χ0n) is 9.84. The van der Waals surface area contributed by atoms with E-state index in [0.717, 1.165) is 17.1 Å². The van der Waals surface area contributed by atoms with Crippen molar-refractivity contribution in [2.45, 2.75) is 38.1 Å². The fourth-order valence-corrected chi connectivity index (χ4v) is 3.77. The van der Waals surface area contributed by atoms with Gasteiger partial charge in [-0.15, -0.1) is 6.58 Å². The monoisotopic (exact) mass is 261 g/mol. The van der Waals surface area contributed by atoms with Crippen LogP contribution >= 0.6 is 0 Å². The van der Waals surface area contributed by atoms with Crippen LogP contribution in [0.25, 0.3) is 0 Å². The molecule has 1 aliphatic heterocycles. The van der Waals surface area contributed by atoms with Crippen LogP contribution in [0.3, 0.4) is 0 Å². The van der Waals surface area contributed by atoms with Gasteiger partial charge in [-0.1, -0.05) is 6.08 Å². The number of nitrogens with zero attached hydrogens (tertiary/aromatic N) is 1. The van der Waals surface area contributed by atoms with Gasteiger partial charge in [-0.3, -0.25) is 4.79 Å². The highest BCUT2D eigenvalue weighted by atomic mass is 32.2. The minimum Gasteiger partial charge on any atom is -0.480 e. The molecule has 98 valence electrons. The van der Waals surface area contributed by atoms with Crippen LogP contribution in [0.4, 0.5) is 0 Å². The molecule has 0 spiro atoms. The summed E-state index contributed by atoms with van der Waals surface area (Å²) in [6.07, 6.45) is 4.72. The molecule has 1 N–H and O–H groups in total. The summed E-state index contributed by atoms with van der Waals surface area (Å²) in [5.74, 6) is -1.04. The molecule has 1 heterocycles. The fourth-order valence-electron chi connectivity index (χ4n) is 2.01. The van der Waals surface area contributed by atoms with Crippen LogP contribution in [0.2, 0.25) is 0 Å². The molecular formula is C11H19NO4S. The number of hydrogen-bond donors (Lipinski definition) is 1. The normalized spacial score (nSPS) is 22.2. The van der Waals surface area contributed by atoms with Gasteiger partial charge in [0.05, 0.1) is 5.75 Å². The summed E-state index contributed by atoms with van der Waals surface area (Å²) >= 11 is 0. The van der Waals surface area contributed by atoms with Gasteiger partial charge in [0.15, 0.2) is 0 Å². The zero-order chi connectivity index (χ0) is 12.9. The second-order valence-corrected chi connectivity index (χ2v) is 6.25. The smallest absolute Gasteiger partial charge is 0.322 e. The molecular weight excluding hydrogens is 242 g/mol. The molecule has 17 heavy (non-hydrogen) atoms. The van der Waals surface area contributed by atoms with E-state index in [4.69, 9.17) is 5.11 Å². The van der Waals surface area contributed by atoms with E-state index in [1.165, 1.54) is 0 Å². The summed E-state index contributed by atoms with van der Waals surface area (Å²) in [5, 5.41) is 9.02. The maximum Gasteiger partial charge on any atom is 0.322 e. The van der Waals surface area contributed by atoms with Crippen molar-refractivity contribution in [1.82, 2.24) is 4.31 Å². The first kappa shape index (κ1) is 14.2. The van der Waals surface area contributed by atoms with E-state index in [9.17, 15) is 13.2 Å². The van der Waals surface area contributed by atoms with Crippen molar-refractivity contribution in [2.24, 2.45) is 0 Å². The van der Waals surface area contributed by atoms with Crippen LogP contribution in [0.1, 0.15) is 32.1 Å². The van der Waals surface area contributed by atoms with Crippen LogP contribution in [-0.2, 0) is 14.8 Å². The van der Waals surface area contributed by atoms with Crippen LogP contribution in [0, 0.1) is 0 Å². The van der Waals surface area contributed by atoms with E-state index < -0.39 is 22.0 Å². The first-order valence-corrected chi connectivity index (χ1v) is 7.43. The lowest BCUT2D eigenvalue weighted by atomic mass is 10.1. The van der Waals surface area contributed by atoms with Crippen LogP contribution < -0.4 is 0 Å². The summed E-state index contributed by atoms with van der Waals surface area (Å²) in [7, 11) is -3.45. The van der Waals surface area contributed by atoms with E-state index in [-0.39, 0.29) is 5.75 Å². The molecule has 6 heteroatoms. The topological polar surface area (TPSA) is 74.7 Å². The molecule has 0 aromatic rings. The first-order valence-electron chi connectivity index (χ1n) is 5.82. The number of piperidine rings is 1. The number of hydrogen-bond acceptors (Lipinski definition) is 3. The highest BCUT2D eigenvalue weighted by molar-refractivity contribution is 7.89. The van der Waals surface area contributed by atoms with E-state index in [2.05, 4.69) is 6.58 Å². The summed E-state index contributed by atoms with van der Waals surface area (Å²) in [6.45, 7) is 3.86. The van der Waals surface area contributed by atoms with Crippen LogP contribution in [-0.4, -0.2) is 42.1 Å². The average molecular weight is 261 g/mol. The molecule has 0 bridgehead atoms. The average Bonchev–Trinajstić information content (AvgIpc) is 2.29. The number of rotatable bonds is 6. The van der Waals surface area contributed by atoms with Gasteiger partial charge in [0.25, 0.3) is 0 Å². The van der Waals surface area contributed by atoms with Crippen LogP contribution in [0.5, 0.6) is 0 Å². The Kier molecular flexibility index (Phi) is 5.14. The Labute approximate surface area is 102 Å². The van der Waals surface area contributed by atoms with Crippen molar-refractivity contribution in [2.75, 3.05) is 12.3 Å². The Balaban J connectivity index is 2.72. The molecule has 0 aromatic heterocycles. The van der Waals surface area contributed by atoms with Gasteiger partial charge in [-0.25, -0.2) is 8.42 Å². The van der Waals surface area contributed by atoms with Crippen molar-refractivity contribution in [3.8, 4) is 0 Å². The fraction of sp³-hybridized carbons (Fsp3) is 0.727. The minimum absolute atomic E-state index is 0.00278. The van der Waals surface area contributed by atoms with Crippen molar-refractivity contribution in [3.63, 3.8) is 0 Å². The van der Waals surface area contributed by atoms with E-state index in [1.807, 2.05) is 0 Å². The van der Waals surface area contributed by atoms with Gasteiger partial charge in [0.1, 0.15) is 6.04 Å². The van der Waals surface area contributed by atoms with Crippen molar-refractivity contribution in [1.29, 1.82) is 0 Å². The predicted molar refractivity (Wildman–Crippen MR) is 65.2 cm³/mol. The van der Waals surface area contributed by atoms with Crippen molar-refractivity contribution in [3.05, 3.63) is 12.7 Å². The molecule has 1 fully saturated rings. The standard InChI is InChI=1S/C11H19NO4S/c1-2-3-6-9-17(15,16)12-8-5-4-7-10(12)11(13)14/h2,10H,1,3-9H2,(H,13,14). The highest BCUT2D eigenvalue weighted by Gasteiger charge is 2.36. The number of carboxylic acids is 1. The third-order valence-corrected chi connectivity index (χ3v) is 4.86. The molecule has 0 aliphatic carbocycles. The third-order valence-electron chi connectivity index (χ3n) is 2.91. The molecule has 0 saturated carbocycles. The summed E-state index contributed by atoms with van der Waals surface area (Å²) < 4.78 is 25.2. The lowest BCUT2D eigenvalue weighted by Crippen LogP contribution is -2.48. The van der Waals surface area contributed by atoms with Gasteiger partial charge >= 0.3 is 5.97 Å². The number of sulfonamides is 1. The second-order valence-electron chi connectivity index (χ2n) is 4.21. The minimum atomic E-state index is -3.45. The number of aliphatic carboxylic acids is 1. The second kappa shape index (κ2) is 6.16. The molecule has 1 aliphatic rings. The molecule has 1 atom stereocenters. The number of allylic oxidation sites excluding steroid dienone is 1. The SMILES string of the molecule is C=CCCCS(=O)(=O)N1CCCCC1C(=O)O. The quantitative estimate of drug-likeness (QED) is 0.576. The predicted octanol–water partition coefficient (Wildman–Crippen LogP) is 1.22. The number of carbonyl (C=O) groups is 1. The van der Waals surface area contributed by atoms with Crippen molar-refractivity contribution >= 4 is 16.0 Å². The van der Waals surface area contributed by atoms with E-state index in [0.29, 0.717) is 25.8 Å². The maximum atomic E-state index is 12.0. The van der Waals surface area contributed by atoms with Gasteiger partial charge in [-0.05, 0) is 32.1 Å². The van der Waals surface area contributed by atoms with Gasteiger partial charge in [0, 0.05) is 6.54 Å². The highest BCUT2D eigenvalue weighted by Crippen LogP contribution is 2.21. The third kappa shape index (κ3) is 3.81. The molecule has 1 rings (SSSR count). The number of unbranched alkanes of at least 4 members (excludes halogenated alkanes) is 1. The summed E-state index contributed by atoms with van der Waals surface area (Å²) in [6, 6.07) is -0.877. The largest absolute Gasteiger partial charge is 0.480 e. The summed E-state index contributed by atoms with van der Waals surface area (Å²) in [5.41, 5.74) is 0. The van der Waals surface area contributed by atoms with E-state index >= 15 is 0 Å². The maximum absolute atomic E-state index is 12.0. The lowest BCUT2D eigenvalue weighted by molar-refractivity contribution is -0.142. The Morgan fingerprint density at radius 1 is 1.47 bits per heavy atom. The molecule has 1 unspecified atom stereocenters. The summed E-state index contributed by atoms with van der Waals surface area (Å²) in [4.78, 5) is 11.0. The molecule has 0 aromatic carbocycles. The Bertz CT molecular complexity index is 377. The lowest BCUT2D eigenvalue weighted by Gasteiger charge is -2.31. The van der Waals surface area contributed by atoms with Gasteiger partial charge in [0.2, 0.25) is 10.0 Å². The Morgan fingerprint density at radius 2 is 2.18 bits per heavy atom. The zero-order valence-corrected chi connectivity index (χ0v) is 10.7. The van der Waals surface area contributed by atoms with E-state index in [1.54, 1.807) is 6.08 Å². The van der Waals surface area contributed by atoms with Gasteiger partial charge < -0.3 is 5.11 Å². The number of carboxylic acid groups (broad SMARTS) is 1. The Hall–Kier alpha value is -0.880. The Morgan fingerprint density at radius 3 is 2.76 bits per heavy atom. The van der Waals surface area contributed by atoms with Crippen molar-refractivity contribution < 1.29 is 18.3 Å². The van der Waals surface area contributed by atoms with Gasteiger partial charge in [-0.2, -0.15) is 4.31 Å². The molecule has 0 radical (unpaired) electrons. The van der Waals surface area contributed by atoms with Crippen LogP contribution in [0.15, 0.2) is 12.7 Å². The first-order chi connectivity index (χ1) is 7.99.